The molecule has 1 saturated heterocycles. The van der Waals surface area contributed by atoms with Crippen molar-refractivity contribution in [2.45, 2.75) is 45.2 Å². The molecule has 1 fully saturated rings. The first-order chi connectivity index (χ1) is 15.0. The molecule has 8 heteroatoms. The van der Waals surface area contributed by atoms with Crippen LogP contribution in [0, 0.1) is 0 Å². The third-order valence-corrected chi connectivity index (χ3v) is 5.86. The predicted molar refractivity (Wildman–Crippen MR) is 116 cm³/mol. The number of nitrogens with one attached hydrogen (secondary N) is 1. The van der Waals surface area contributed by atoms with Crippen molar-refractivity contribution in [2.75, 3.05) is 23.4 Å². The Labute approximate surface area is 181 Å². The number of anilines is 2. The van der Waals surface area contributed by atoms with E-state index in [1.807, 2.05) is 26.0 Å². The van der Waals surface area contributed by atoms with Gasteiger partial charge in [0.25, 0.3) is 5.91 Å². The molecule has 0 aliphatic carbocycles. The van der Waals surface area contributed by atoms with Crippen molar-refractivity contribution in [3.8, 4) is 5.88 Å². The summed E-state index contributed by atoms with van der Waals surface area (Å²) in [5.74, 6) is 0.123. The second kappa shape index (κ2) is 8.37. The minimum Gasteiger partial charge on any atom is -0.476 e. The Morgan fingerprint density at radius 2 is 2.03 bits per heavy atom. The van der Waals surface area contributed by atoms with Crippen LogP contribution in [-0.2, 0) is 9.59 Å². The van der Waals surface area contributed by atoms with Gasteiger partial charge in [-0.15, -0.1) is 0 Å². The molecule has 162 valence electrons. The molecule has 31 heavy (non-hydrogen) atoms. The van der Waals surface area contributed by atoms with Crippen LogP contribution in [0.2, 0.25) is 0 Å². The molecule has 1 atom stereocenters. The molecule has 0 bridgehead atoms. The average molecular weight is 422 g/mol. The number of carbonyl (C=O) groups is 3. The molecule has 0 saturated carbocycles. The minimum absolute atomic E-state index is 0.0187. The molecular weight excluding hydrogens is 396 g/mol. The standard InChI is InChI=1S/C23H26N4O4/c1-3-31-21-17(9-6-14-24-21)25-19(28)11-7-15-26-22(30)16-8-4-5-10-18(16)27-20(29)12-13-23(26,27)2/h4-6,8-10,14H,3,7,11-13,15H2,1-2H3,(H,25,28). The second-order valence-corrected chi connectivity index (χ2v) is 7.86. The SMILES string of the molecule is CCOc1ncccc1NC(=O)CCCN1C(=O)c2ccccc2N2C(=O)CCC12C. The summed E-state index contributed by atoms with van der Waals surface area (Å²) in [6.07, 6.45) is 3.29. The van der Waals surface area contributed by atoms with Crippen LogP contribution in [-0.4, -0.2) is 46.4 Å². The van der Waals surface area contributed by atoms with E-state index >= 15 is 0 Å². The van der Waals surface area contributed by atoms with Crippen LogP contribution < -0.4 is 15.0 Å². The van der Waals surface area contributed by atoms with Crippen LogP contribution in [0.5, 0.6) is 5.88 Å². The summed E-state index contributed by atoms with van der Waals surface area (Å²) in [5, 5.41) is 2.83. The minimum atomic E-state index is -0.704. The zero-order chi connectivity index (χ0) is 22.0. The molecule has 8 nitrogen and oxygen atoms in total. The number of hydrogen-bond acceptors (Lipinski definition) is 5. The summed E-state index contributed by atoms with van der Waals surface area (Å²) in [6.45, 7) is 4.61. The molecule has 1 aromatic carbocycles. The molecule has 2 aliphatic heterocycles. The normalized spacial score (nSPS) is 19.8. The van der Waals surface area contributed by atoms with Gasteiger partial charge in [0.1, 0.15) is 11.4 Å². The van der Waals surface area contributed by atoms with Gasteiger partial charge in [-0.2, -0.15) is 0 Å². The summed E-state index contributed by atoms with van der Waals surface area (Å²) < 4.78 is 5.44. The van der Waals surface area contributed by atoms with Crippen LogP contribution in [0.4, 0.5) is 11.4 Å². The number of fused-ring (bicyclic) bond motifs is 3. The third kappa shape index (κ3) is 3.73. The average Bonchev–Trinajstić information content (AvgIpc) is 3.07. The van der Waals surface area contributed by atoms with Gasteiger partial charge < -0.3 is 15.0 Å². The molecule has 1 aromatic heterocycles. The molecular formula is C23H26N4O4. The number of aromatic nitrogens is 1. The van der Waals surface area contributed by atoms with Gasteiger partial charge in [0.05, 0.1) is 17.9 Å². The second-order valence-electron chi connectivity index (χ2n) is 7.86. The molecule has 3 amide bonds. The van der Waals surface area contributed by atoms with E-state index in [0.717, 1.165) is 0 Å². The van der Waals surface area contributed by atoms with Gasteiger partial charge in [-0.3, -0.25) is 19.3 Å². The van der Waals surface area contributed by atoms with Crippen molar-refractivity contribution >= 4 is 29.1 Å². The molecule has 2 aliphatic rings. The fraction of sp³-hybridized carbons (Fsp3) is 0.391. The number of hydrogen-bond donors (Lipinski definition) is 1. The molecule has 1 N–H and O–H groups in total. The van der Waals surface area contributed by atoms with Gasteiger partial charge >= 0.3 is 0 Å². The summed E-state index contributed by atoms with van der Waals surface area (Å²) in [4.78, 5) is 45.9. The summed E-state index contributed by atoms with van der Waals surface area (Å²) in [5.41, 5.74) is 1.02. The fourth-order valence-electron chi connectivity index (χ4n) is 4.39. The summed E-state index contributed by atoms with van der Waals surface area (Å²) in [6, 6.07) is 10.7. The van der Waals surface area contributed by atoms with Gasteiger partial charge in [0, 0.05) is 25.6 Å². The van der Waals surface area contributed by atoms with Crippen molar-refractivity contribution in [3.05, 3.63) is 48.2 Å². The number of carbonyl (C=O) groups excluding carboxylic acids is 3. The van der Waals surface area contributed by atoms with Crippen molar-refractivity contribution in [3.63, 3.8) is 0 Å². The topological polar surface area (TPSA) is 91.8 Å². The van der Waals surface area contributed by atoms with E-state index in [-0.39, 0.29) is 24.1 Å². The Hall–Kier alpha value is -3.42. The van der Waals surface area contributed by atoms with Crippen LogP contribution in [0.1, 0.15) is 49.9 Å². The zero-order valence-electron chi connectivity index (χ0n) is 17.8. The van der Waals surface area contributed by atoms with E-state index in [9.17, 15) is 14.4 Å². The Morgan fingerprint density at radius 1 is 1.23 bits per heavy atom. The number of para-hydroxylation sites is 1. The van der Waals surface area contributed by atoms with E-state index in [2.05, 4.69) is 10.3 Å². The highest BCUT2D eigenvalue weighted by Crippen LogP contribution is 2.44. The highest BCUT2D eigenvalue weighted by Gasteiger charge is 2.52. The Bertz CT molecular complexity index is 1020. The number of rotatable bonds is 7. The van der Waals surface area contributed by atoms with Crippen LogP contribution in [0.25, 0.3) is 0 Å². The monoisotopic (exact) mass is 422 g/mol. The molecule has 0 radical (unpaired) electrons. The highest BCUT2D eigenvalue weighted by molar-refractivity contribution is 6.10. The number of pyridine rings is 1. The first-order valence-electron chi connectivity index (χ1n) is 10.6. The van der Waals surface area contributed by atoms with Gasteiger partial charge in [-0.05, 0) is 51.0 Å². The Balaban J connectivity index is 1.44. The summed E-state index contributed by atoms with van der Waals surface area (Å²) in [7, 11) is 0. The van der Waals surface area contributed by atoms with Crippen LogP contribution >= 0.6 is 0 Å². The quantitative estimate of drug-likeness (QED) is 0.740. The van der Waals surface area contributed by atoms with E-state index in [4.69, 9.17) is 4.74 Å². The number of nitrogens with zero attached hydrogens (tertiary/aromatic N) is 3. The lowest BCUT2D eigenvalue weighted by atomic mass is 9.98. The Kier molecular flexibility index (Phi) is 5.63. The number of amides is 3. The van der Waals surface area contributed by atoms with Gasteiger partial charge in [-0.1, -0.05) is 12.1 Å². The zero-order valence-corrected chi connectivity index (χ0v) is 17.8. The van der Waals surface area contributed by atoms with Crippen molar-refractivity contribution in [1.29, 1.82) is 0 Å². The molecule has 3 heterocycles. The third-order valence-electron chi connectivity index (χ3n) is 5.86. The van der Waals surface area contributed by atoms with Crippen molar-refractivity contribution in [2.24, 2.45) is 0 Å². The van der Waals surface area contributed by atoms with E-state index in [1.54, 1.807) is 40.3 Å². The van der Waals surface area contributed by atoms with Crippen LogP contribution in [0.15, 0.2) is 42.6 Å². The highest BCUT2D eigenvalue weighted by atomic mass is 16.5. The largest absolute Gasteiger partial charge is 0.476 e. The van der Waals surface area contributed by atoms with Crippen LogP contribution in [0.3, 0.4) is 0 Å². The van der Waals surface area contributed by atoms with E-state index in [1.165, 1.54) is 0 Å². The maximum atomic E-state index is 13.2. The Morgan fingerprint density at radius 3 is 2.84 bits per heavy atom. The molecule has 4 rings (SSSR count). The van der Waals surface area contributed by atoms with Gasteiger partial charge in [-0.25, -0.2) is 4.98 Å². The van der Waals surface area contributed by atoms with E-state index < -0.39 is 5.66 Å². The predicted octanol–water partition coefficient (Wildman–Crippen LogP) is 3.20. The van der Waals surface area contributed by atoms with Gasteiger partial charge in [0.2, 0.25) is 17.7 Å². The van der Waals surface area contributed by atoms with Crippen molar-refractivity contribution in [1.82, 2.24) is 9.88 Å². The number of benzene rings is 1. The number of ether oxygens (including phenoxy) is 1. The fourth-order valence-corrected chi connectivity index (χ4v) is 4.39. The maximum Gasteiger partial charge on any atom is 0.257 e. The van der Waals surface area contributed by atoms with Crippen molar-refractivity contribution < 1.29 is 19.1 Å². The molecule has 0 spiro atoms. The first-order valence-corrected chi connectivity index (χ1v) is 10.6. The lowest BCUT2D eigenvalue weighted by molar-refractivity contribution is -0.118. The lowest BCUT2D eigenvalue weighted by Gasteiger charge is -2.48. The lowest BCUT2D eigenvalue weighted by Crippen LogP contribution is -2.62. The first kappa shape index (κ1) is 20.8. The van der Waals surface area contributed by atoms with Gasteiger partial charge in [0.15, 0.2) is 0 Å². The maximum absolute atomic E-state index is 13.2. The molecule has 1 unspecified atom stereocenters. The van der Waals surface area contributed by atoms with E-state index in [0.29, 0.717) is 55.2 Å². The smallest absolute Gasteiger partial charge is 0.257 e. The molecule has 2 aromatic rings. The summed E-state index contributed by atoms with van der Waals surface area (Å²) >= 11 is 0.